The minimum Gasteiger partial charge on any atom is -0.490 e. The number of anilines is 1. The first-order chi connectivity index (χ1) is 20.3. The molecule has 43 heavy (non-hydrogen) atoms. The summed E-state index contributed by atoms with van der Waals surface area (Å²) >= 11 is 0. The molecule has 0 heterocycles. The number of benzene rings is 3. The normalized spacial score (nSPS) is 11.9. The van der Waals surface area contributed by atoms with E-state index in [0.29, 0.717) is 46.2 Å². The minimum atomic E-state index is -3.63. The highest BCUT2D eigenvalue weighted by molar-refractivity contribution is 7.91. The van der Waals surface area contributed by atoms with Gasteiger partial charge in [-0.1, -0.05) is 13.0 Å². The smallest absolute Gasteiger partial charge is 0.266 e. The molecule has 0 fully saturated rings. The van der Waals surface area contributed by atoms with E-state index >= 15 is 0 Å². The summed E-state index contributed by atoms with van der Waals surface area (Å²) in [4.78, 5) is 25.4. The third-order valence-corrected chi connectivity index (χ3v) is 7.97. The summed E-state index contributed by atoms with van der Waals surface area (Å²) in [5.74, 6) is 0.159. The average molecular weight is 611 g/mol. The third-order valence-electron chi connectivity index (χ3n) is 6.14. The molecule has 0 aliphatic carbocycles. The summed E-state index contributed by atoms with van der Waals surface area (Å²) in [5.41, 5.74) is 7.22. The summed E-state index contributed by atoms with van der Waals surface area (Å²) in [6, 6.07) is 15.9. The maximum atomic E-state index is 13.7. The van der Waals surface area contributed by atoms with Gasteiger partial charge in [0, 0.05) is 30.3 Å². The van der Waals surface area contributed by atoms with Crippen LogP contribution in [0, 0.1) is 5.41 Å². The van der Waals surface area contributed by atoms with E-state index < -0.39 is 21.8 Å². The minimum absolute atomic E-state index is 0.0514. The zero-order valence-corrected chi connectivity index (χ0v) is 25.7. The van der Waals surface area contributed by atoms with Crippen LogP contribution in [0.4, 0.5) is 5.69 Å². The van der Waals surface area contributed by atoms with Gasteiger partial charge in [0.1, 0.15) is 11.6 Å². The fraction of sp³-hybridized carbons (Fsp3) is 0.323. The summed E-state index contributed by atoms with van der Waals surface area (Å²) < 4.78 is 43.4. The molecule has 0 radical (unpaired) electrons. The summed E-state index contributed by atoms with van der Waals surface area (Å²) in [6.07, 6.45) is -1.29. The highest BCUT2D eigenvalue weighted by Gasteiger charge is 2.26. The van der Waals surface area contributed by atoms with Gasteiger partial charge < -0.3 is 30.6 Å². The Hall–Kier alpha value is -4.58. The first kappa shape index (κ1) is 32.9. The molecule has 0 aliphatic rings. The lowest BCUT2D eigenvalue weighted by atomic mass is 10.1. The first-order valence-electron chi connectivity index (χ1n) is 13.8. The number of ether oxygens (including phenoxy) is 3. The van der Waals surface area contributed by atoms with E-state index in [0.717, 1.165) is 0 Å². The van der Waals surface area contributed by atoms with Crippen molar-refractivity contribution in [3.05, 3.63) is 77.4 Å². The second-order valence-corrected chi connectivity index (χ2v) is 12.1. The van der Waals surface area contributed by atoms with E-state index in [-0.39, 0.29) is 35.0 Å². The lowest BCUT2D eigenvalue weighted by Gasteiger charge is -2.22. The fourth-order valence-corrected chi connectivity index (χ4v) is 5.28. The zero-order chi connectivity index (χ0) is 31.7. The van der Waals surface area contributed by atoms with Gasteiger partial charge in [0.25, 0.3) is 5.91 Å². The van der Waals surface area contributed by atoms with Crippen LogP contribution in [0.15, 0.2) is 65.6 Å². The highest BCUT2D eigenvalue weighted by Crippen LogP contribution is 2.33. The summed E-state index contributed by atoms with van der Waals surface area (Å²) in [7, 11) is -3.63. The number of carbonyl (C=O) groups excluding carboxylic acids is 2. The van der Waals surface area contributed by atoms with Crippen molar-refractivity contribution >= 4 is 33.2 Å². The number of hydrogen-bond acceptors (Lipinski definition) is 8. The molecule has 12 heteroatoms. The van der Waals surface area contributed by atoms with Crippen molar-refractivity contribution in [1.29, 1.82) is 5.41 Å². The second kappa shape index (κ2) is 14.5. The Bertz CT molecular complexity index is 1570. The molecule has 0 saturated heterocycles. The highest BCUT2D eigenvalue weighted by atomic mass is 32.2. The zero-order valence-electron chi connectivity index (χ0n) is 24.9. The number of sulfone groups is 1. The van der Waals surface area contributed by atoms with Crippen molar-refractivity contribution in [3.8, 4) is 17.2 Å². The topological polar surface area (TPSA) is 170 Å². The molecule has 3 aromatic rings. The van der Waals surface area contributed by atoms with E-state index in [9.17, 15) is 18.0 Å². The van der Waals surface area contributed by atoms with Crippen LogP contribution < -0.4 is 30.6 Å². The Morgan fingerprint density at radius 2 is 1.65 bits per heavy atom. The maximum absolute atomic E-state index is 13.7. The number of hydrogen-bond donors (Lipinski definition) is 4. The van der Waals surface area contributed by atoms with Crippen LogP contribution in [-0.2, 0) is 26.0 Å². The first-order valence-corrected chi connectivity index (χ1v) is 15.4. The van der Waals surface area contributed by atoms with Crippen molar-refractivity contribution in [2.75, 3.05) is 17.7 Å². The fourth-order valence-electron chi connectivity index (χ4n) is 4.16. The molecule has 0 bridgehead atoms. The molecule has 0 saturated carbocycles. The molecule has 0 aliphatic heterocycles. The molecular weight excluding hydrogens is 572 g/mol. The molecule has 3 aromatic carbocycles. The van der Waals surface area contributed by atoms with Crippen LogP contribution in [0.2, 0.25) is 0 Å². The van der Waals surface area contributed by atoms with Gasteiger partial charge in [-0.05, 0) is 80.9 Å². The van der Waals surface area contributed by atoms with Crippen LogP contribution in [0.25, 0.3) is 0 Å². The van der Waals surface area contributed by atoms with E-state index in [4.69, 9.17) is 25.4 Å². The molecule has 11 nitrogen and oxygen atoms in total. The summed E-state index contributed by atoms with van der Waals surface area (Å²) in [6.45, 7) is 8.70. The molecule has 1 atom stereocenters. The quantitative estimate of drug-likeness (QED) is 0.154. The average Bonchev–Trinajstić information content (AvgIpc) is 2.95. The van der Waals surface area contributed by atoms with Crippen molar-refractivity contribution in [2.45, 2.75) is 58.3 Å². The maximum Gasteiger partial charge on any atom is 0.266 e. The number of nitrogens with one attached hydrogen (secondary N) is 3. The molecule has 5 N–H and O–H groups in total. The van der Waals surface area contributed by atoms with Crippen LogP contribution >= 0.6 is 0 Å². The van der Waals surface area contributed by atoms with Crippen LogP contribution in [0.3, 0.4) is 0 Å². The van der Waals surface area contributed by atoms with Gasteiger partial charge in [-0.25, -0.2) is 8.42 Å². The van der Waals surface area contributed by atoms with Gasteiger partial charge in [0.05, 0.1) is 23.4 Å². The number of amidine groups is 1. The number of carbonyl (C=O) groups is 2. The molecule has 230 valence electrons. The third kappa shape index (κ3) is 8.95. The van der Waals surface area contributed by atoms with Crippen LogP contribution in [0.1, 0.15) is 57.4 Å². The predicted octanol–water partition coefficient (Wildman–Crippen LogP) is 4.35. The molecule has 3 rings (SSSR count). The predicted molar refractivity (Wildman–Crippen MR) is 165 cm³/mol. The van der Waals surface area contributed by atoms with E-state index in [1.54, 1.807) is 42.5 Å². The van der Waals surface area contributed by atoms with Crippen molar-refractivity contribution in [3.63, 3.8) is 0 Å². The lowest BCUT2D eigenvalue weighted by molar-refractivity contribution is -0.128. The van der Waals surface area contributed by atoms with Crippen LogP contribution in [-0.4, -0.2) is 44.5 Å². The van der Waals surface area contributed by atoms with Gasteiger partial charge in [-0.15, -0.1) is 0 Å². The molecule has 2 amide bonds. The monoisotopic (exact) mass is 610 g/mol. The largest absolute Gasteiger partial charge is 0.490 e. The second-order valence-electron chi connectivity index (χ2n) is 9.87. The van der Waals surface area contributed by atoms with E-state index in [1.165, 1.54) is 32.0 Å². The van der Waals surface area contributed by atoms with Gasteiger partial charge in [-0.3, -0.25) is 15.0 Å². The SMILES string of the molecule is CCOc1cc(C(Oc2ccc(C(=N)N)cc2)C(=O)NCc2cc(NC(C)=O)ccc2S(=O)(=O)CC)ccc1OC(C)C. The Morgan fingerprint density at radius 1 is 0.953 bits per heavy atom. The summed E-state index contributed by atoms with van der Waals surface area (Å²) in [5, 5.41) is 13.1. The Labute approximate surface area is 252 Å². The Balaban J connectivity index is 2.00. The van der Waals surface area contributed by atoms with Crippen molar-refractivity contribution in [1.82, 2.24) is 5.32 Å². The van der Waals surface area contributed by atoms with Crippen molar-refractivity contribution in [2.24, 2.45) is 5.73 Å². The van der Waals surface area contributed by atoms with Gasteiger partial charge in [-0.2, -0.15) is 0 Å². The molecular formula is C31H38N4O7S. The van der Waals surface area contributed by atoms with Gasteiger partial charge >= 0.3 is 0 Å². The van der Waals surface area contributed by atoms with E-state index in [2.05, 4.69) is 10.6 Å². The molecule has 1 unspecified atom stereocenters. The number of amides is 2. The number of rotatable bonds is 14. The van der Waals surface area contributed by atoms with Crippen molar-refractivity contribution < 1.29 is 32.2 Å². The standard InChI is InChI=1S/C31H38N4O7S/c1-6-40-27-17-22(10-14-26(27)41-19(3)4)29(42-25-12-8-21(9-13-25)30(32)33)31(37)34-18-23-16-24(35-20(5)36)11-15-28(23)43(38,39)7-2/h8-17,19,29H,6-7,18H2,1-5H3,(H3,32,33)(H,34,37)(H,35,36). The molecule has 0 spiro atoms. The lowest BCUT2D eigenvalue weighted by Crippen LogP contribution is -2.32. The van der Waals surface area contributed by atoms with E-state index in [1.807, 2.05) is 20.8 Å². The number of nitrogens with two attached hydrogens (primary N) is 1. The number of nitrogen functional groups attached to an aromatic ring is 1. The van der Waals surface area contributed by atoms with Gasteiger partial charge in [0.15, 0.2) is 21.3 Å². The Morgan fingerprint density at radius 3 is 2.23 bits per heavy atom. The van der Waals surface area contributed by atoms with Crippen LogP contribution in [0.5, 0.6) is 17.2 Å². The van der Waals surface area contributed by atoms with Gasteiger partial charge in [0.2, 0.25) is 12.0 Å². The molecule has 0 aromatic heterocycles. The Kier molecular flexibility index (Phi) is 11.1.